The quantitative estimate of drug-likeness (QED) is 0.620. The van der Waals surface area contributed by atoms with E-state index in [4.69, 9.17) is 4.74 Å². The zero-order chi connectivity index (χ0) is 9.97. The lowest BCUT2D eigenvalue weighted by Crippen LogP contribution is -2.10. The van der Waals surface area contributed by atoms with Crippen molar-refractivity contribution in [2.45, 2.75) is 19.3 Å². The van der Waals surface area contributed by atoms with Gasteiger partial charge in [-0.3, -0.25) is 4.79 Å². The monoisotopic (exact) mass is 302 g/mol. The van der Waals surface area contributed by atoms with Crippen molar-refractivity contribution < 1.29 is 9.53 Å². The lowest BCUT2D eigenvalue weighted by molar-refractivity contribution is 0.0972. The van der Waals surface area contributed by atoms with E-state index in [9.17, 15) is 4.79 Å². The van der Waals surface area contributed by atoms with Crippen LogP contribution in [0.3, 0.4) is 0 Å². The first-order chi connectivity index (χ1) is 6.81. The Kier molecular flexibility index (Phi) is 3.05. The molecule has 2 nitrogen and oxygen atoms in total. The lowest BCUT2D eigenvalue weighted by Gasteiger charge is -2.15. The smallest absolute Gasteiger partial charge is 0.163 e. The SMILES string of the molecule is O=C1CCCc2cc(OCI)ccc21. The van der Waals surface area contributed by atoms with Gasteiger partial charge in [0.25, 0.3) is 0 Å². The second-order valence-corrected chi connectivity index (χ2v) is 3.97. The van der Waals surface area contributed by atoms with Crippen LogP contribution in [0.15, 0.2) is 18.2 Å². The molecule has 0 saturated carbocycles. The molecule has 1 aliphatic rings. The van der Waals surface area contributed by atoms with Crippen LogP contribution in [-0.4, -0.2) is 10.4 Å². The molecule has 0 saturated heterocycles. The minimum Gasteiger partial charge on any atom is -0.483 e. The van der Waals surface area contributed by atoms with Gasteiger partial charge in [0.05, 0.1) is 0 Å². The fourth-order valence-corrected chi connectivity index (χ4v) is 2.14. The number of ether oxygens (including phenoxy) is 1. The van der Waals surface area contributed by atoms with Crippen molar-refractivity contribution >= 4 is 28.4 Å². The van der Waals surface area contributed by atoms with E-state index in [1.807, 2.05) is 18.2 Å². The summed E-state index contributed by atoms with van der Waals surface area (Å²) in [5.41, 5.74) is 2.03. The Morgan fingerprint density at radius 1 is 1.36 bits per heavy atom. The van der Waals surface area contributed by atoms with Gasteiger partial charge in [0, 0.05) is 12.0 Å². The second-order valence-electron chi connectivity index (χ2n) is 3.35. The highest BCUT2D eigenvalue weighted by Crippen LogP contribution is 2.25. The Labute approximate surface area is 96.8 Å². The molecule has 14 heavy (non-hydrogen) atoms. The molecule has 0 N–H and O–H groups in total. The minimum absolute atomic E-state index is 0.271. The van der Waals surface area contributed by atoms with Crippen LogP contribution in [0.1, 0.15) is 28.8 Å². The fourth-order valence-electron chi connectivity index (χ4n) is 1.78. The van der Waals surface area contributed by atoms with Crippen LogP contribution in [0.25, 0.3) is 0 Å². The Balaban J connectivity index is 2.34. The standard InChI is InChI=1S/C11H11IO2/c12-7-14-9-4-5-10-8(6-9)2-1-3-11(10)13/h4-6H,1-3,7H2. The maximum atomic E-state index is 11.5. The minimum atomic E-state index is 0.271. The summed E-state index contributed by atoms with van der Waals surface area (Å²) in [5, 5.41) is 0. The first kappa shape index (κ1) is 9.96. The summed E-state index contributed by atoms with van der Waals surface area (Å²) in [7, 11) is 0. The van der Waals surface area contributed by atoms with Gasteiger partial charge in [-0.05, 0) is 59.2 Å². The molecule has 0 bridgehead atoms. The number of hydrogen-bond donors (Lipinski definition) is 0. The Morgan fingerprint density at radius 2 is 2.21 bits per heavy atom. The van der Waals surface area contributed by atoms with E-state index in [2.05, 4.69) is 22.6 Å². The van der Waals surface area contributed by atoms with Crippen LogP contribution in [0.5, 0.6) is 5.75 Å². The van der Waals surface area contributed by atoms with E-state index in [0.717, 1.165) is 29.7 Å². The third-order valence-electron chi connectivity index (χ3n) is 2.45. The van der Waals surface area contributed by atoms with Crippen molar-refractivity contribution in [3.05, 3.63) is 29.3 Å². The Morgan fingerprint density at radius 3 is 3.00 bits per heavy atom. The van der Waals surface area contributed by atoms with E-state index in [-0.39, 0.29) is 5.78 Å². The van der Waals surface area contributed by atoms with Crippen LogP contribution >= 0.6 is 22.6 Å². The van der Waals surface area contributed by atoms with E-state index in [1.165, 1.54) is 0 Å². The summed E-state index contributed by atoms with van der Waals surface area (Å²) >= 11 is 2.16. The van der Waals surface area contributed by atoms with Crippen molar-refractivity contribution in [3.63, 3.8) is 0 Å². The summed E-state index contributed by atoms with van der Waals surface area (Å²) in [6.07, 6.45) is 2.67. The molecule has 0 fully saturated rings. The van der Waals surface area contributed by atoms with Gasteiger partial charge in [-0.2, -0.15) is 0 Å². The van der Waals surface area contributed by atoms with Gasteiger partial charge >= 0.3 is 0 Å². The number of rotatable bonds is 2. The van der Waals surface area contributed by atoms with Gasteiger partial charge in [-0.1, -0.05) is 0 Å². The lowest BCUT2D eigenvalue weighted by atomic mass is 9.91. The number of ketones is 1. The third kappa shape index (κ3) is 1.92. The van der Waals surface area contributed by atoms with Gasteiger partial charge in [0.1, 0.15) is 10.4 Å². The number of fused-ring (bicyclic) bond motifs is 1. The summed E-state index contributed by atoms with van der Waals surface area (Å²) in [5.74, 6) is 1.14. The molecule has 0 amide bonds. The molecule has 0 radical (unpaired) electrons. The molecule has 1 aromatic carbocycles. The number of alkyl halides is 1. The zero-order valence-corrected chi connectivity index (χ0v) is 9.91. The van der Waals surface area contributed by atoms with E-state index < -0.39 is 0 Å². The predicted molar refractivity (Wildman–Crippen MR) is 63.2 cm³/mol. The average molecular weight is 302 g/mol. The number of halogens is 1. The van der Waals surface area contributed by atoms with Crippen molar-refractivity contribution in [1.82, 2.24) is 0 Å². The first-order valence-electron chi connectivity index (χ1n) is 4.66. The highest BCUT2D eigenvalue weighted by atomic mass is 127. The number of carbonyl (C=O) groups excluding carboxylic acids is 1. The van der Waals surface area contributed by atoms with Crippen molar-refractivity contribution in [2.24, 2.45) is 0 Å². The zero-order valence-electron chi connectivity index (χ0n) is 7.75. The molecule has 0 atom stereocenters. The molecular formula is C11H11IO2. The van der Waals surface area contributed by atoms with Crippen molar-refractivity contribution in [2.75, 3.05) is 4.61 Å². The van der Waals surface area contributed by atoms with Crippen LogP contribution in [-0.2, 0) is 6.42 Å². The molecule has 3 heteroatoms. The van der Waals surface area contributed by atoms with Gasteiger partial charge in [0.15, 0.2) is 5.78 Å². The molecule has 2 rings (SSSR count). The molecule has 0 aliphatic heterocycles. The topological polar surface area (TPSA) is 26.3 Å². The Hall–Kier alpha value is -0.580. The van der Waals surface area contributed by atoms with Crippen LogP contribution in [0.4, 0.5) is 0 Å². The number of hydrogen-bond acceptors (Lipinski definition) is 2. The third-order valence-corrected chi connectivity index (χ3v) is 2.76. The van der Waals surface area contributed by atoms with Gasteiger partial charge < -0.3 is 4.74 Å². The normalized spacial score (nSPS) is 15.1. The number of carbonyl (C=O) groups is 1. The summed E-state index contributed by atoms with van der Waals surface area (Å²) in [4.78, 5) is 11.5. The molecule has 1 aromatic rings. The largest absolute Gasteiger partial charge is 0.483 e. The maximum absolute atomic E-state index is 11.5. The summed E-state index contributed by atoms with van der Waals surface area (Å²) < 4.78 is 6.03. The van der Waals surface area contributed by atoms with Crippen molar-refractivity contribution in [3.8, 4) is 5.75 Å². The molecule has 0 heterocycles. The van der Waals surface area contributed by atoms with Crippen LogP contribution < -0.4 is 4.74 Å². The fraction of sp³-hybridized carbons (Fsp3) is 0.364. The summed E-state index contributed by atoms with van der Waals surface area (Å²) in [6, 6.07) is 5.75. The highest BCUT2D eigenvalue weighted by molar-refractivity contribution is 14.1. The van der Waals surface area contributed by atoms with Gasteiger partial charge in [-0.15, -0.1) is 0 Å². The molecule has 0 unspecified atom stereocenters. The number of benzene rings is 1. The average Bonchev–Trinajstić information content (AvgIpc) is 2.18. The predicted octanol–water partition coefficient (Wildman–Crippen LogP) is 2.98. The second kappa shape index (κ2) is 4.29. The van der Waals surface area contributed by atoms with Crippen LogP contribution in [0, 0.1) is 0 Å². The summed E-state index contributed by atoms with van der Waals surface area (Å²) in [6.45, 7) is 0. The van der Waals surface area contributed by atoms with Crippen molar-refractivity contribution in [1.29, 1.82) is 0 Å². The molecule has 74 valence electrons. The van der Waals surface area contributed by atoms with Crippen LogP contribution in [0.2, 0.25) is 0 Å². The highest BCUT2D eigenvalue weighted by Gasteiger charge is 2.16. The van der Waals surface area contributed by atoms with E-state index in [0.29, 0.717) is 11.0 Å². The molecule has 0 aromatic heterocycles. The van der Waals surface area contributed by atoms with E-state index in [1.54, 1.807) is 0 Å². The molecular weight excluding hydrogens is 291 g/mol. The number of Topliss-reactive ketones (excluding diaryl/α,β-unsaturated/α-hetero) is 1. The molecule has 0 spiro atoms. The van der Waals surface area contributed by atoms with Gasteiger partial charge in [0.2, 0.25) is 0 Å². The first-order valence-corrected chi connectivity index (χ1v) is 6.18. The van der Waals surface area contributed by atoms with E-state index >= 15 is 0 Å². The Bertz CT molecular complexity index is 360. The number of aryl methyl sites for hydroxylation is 1. The maximum Gasteiger partial charge on any atom is 0.163 e. The van der Waals surface area contributed by atoms with Gasteiger partial charge in [-0.25, -0.2) is 0 Å². The molecule has 1 aliphatic carbocycles.